The van der Waals surface area contributed by atoms with E-state index in [1.54, 1.807) is 0 Å². The third-order valence-corrected chi connectivity index (χ3v) is 3.40. The number of halogens is 1. The largest absolute Gasteiger partial charge is 0.344 e. The topological polar surface area (TPSA) is 41.1 Å². The maximum atomic E-state index is 5.90. The first-order valence-corrected chi connectivity index (χ1v) is 7.55. The van der Waals surface area contributed by atoms with Gasteiger partial charge in [-0.15, -0.1) is 0 Å². The van der Waals surface area contributed by atoms with Gasteiger partial charge in [0, 0.05) is 36.1 Å². The fourth-order valence-electron chi connectivity index (χ4n) is 1.96. The first-order valence-electron chi connectivity index (χ1n) is 7.18. The molecule has 2 rings (SSSR count). The summed E-state index contributed by atoms with van der Waals surface area (Å²) in [5.74, 6) is 1.54. The van der Waals surface area contributed by atoms with Crippen LogP contribution in [0.4, 0.5) is 17.5 Å². The maximum Gasteiger partial charge on any atom is 0.227 e. The lowest BCUT2D eigenvalue weighted by Gasteiger charge is -2.18. The van der Waals surface area contributed by atoms with Gasteiger partial charge in [0.2, 0.25) is 5.95 Å². The van der Waals surface area contributed by atoms with Gasteiger partial charge in [-0.3, -0.25) is 0 Å². The molecule has 0 unspecified atom stereocenters. The summed E-state index contributed by atoms with van der Waals surface area (Å²) in [6.45, 7) is 5.12. The number of unbranched alkanes of at least 4 members (excludes halogenated alkanes) is 1. The average molecular weight is 305 g/mol. The normalized spacial score (nSPS) is 10.5. The van der Waals surface area contributed by atoms with Gasteiger partial charge in [0.1, 0.15) is 5.82 Å². The summed E-state index contributed by atoms with van der Waals surface area (Å²) in [6.07, 6.45) is 2.29. The molecule has 21 heavy (non-hydrogen) atoms. The van der Waals surface area contributed by atoms with Crippen LogP contribution in [0.15, 0.2) is 30.3 Å². The Kier molecular flexibility index (Phi) is 5.39. The van der Waals surface area contributed by atoms with Crippen LogP contribution < -0.4 is 10.2 Å². The third-order valence-electron chi connectivity index (χ3n) is 3.15. The number of benzene rings is 1. The summed E-state index contributed by atoms with van der Waals surface area (Å²) in [6, 6.07) is 9.50. The number of aromatic nitrogens is 2. The van der Waals surface area contributed by atoms with Gasteiger partial charge in [-0.2, -0.15) is 4.98 Å². The summed E-state index contributed by atoms with van der Waals surface area (Å²) in [7, 11) is 2.02. The lowest BCUT2D eigenvalue weighted by molar-refractivity contribution is 0.749. The van der Waals surface area contributed by atoms with Gasteiger partial charge in [0.25, 0.3) is 0 Å². The molecule has 112 valence electrons. The van der Waals surface area contributed by atoms with Crippen molar-refractivity contribution in [3.63, 3.8) is 0 Å². The van der Waals surface area contributed by atoms with Crippen molar-refractivity contribution in [3.8, 4) is 0 Å². The number of nitrogens with one attached hydrogen (secondary N) is 1. The second-order valence-electron chi connectivity index (χ2n) is 5.10. The highest BCUT2D eigenvalue weighted by atomic mass is 35.5. The summed E-state index contributed by atoms with van der Waals surface area (Å²) < 4.78 is 0. The highest BCUT2D eigenvalue weighted by molar-refractivity contribution is 6.30. The molecule has 5 heteroatoms. The fraction of sp³-hybridized carbons (Fsp3) is 0.375. The van der Waals surface area contributed by atoms with E-state index in [9.17, 15) is 0 Å². The summed E-state index contributed by atoms with van der Waals surface area (Å²) in [5, 5.41) is 4.01. The molecule has 0 aliphatic rings. The summed E-state index contributed by atoms with van der Waals surface area (Å²) in [5.41, 5.74) is 1.90. The van der Waals surface area contributed by atoms with E-state index < -0.39 is 0 Å². The van der Waals surface area contributed by atoms with E-state index in [1.807, 2.05) is 44.3 Å². The molecule has 0 aliphatic carbocycles. The molecule has 0 aliphatic heterocycles. The molecule has 4 nitrogen and oxygen atoms in total. The van der Waals surface area contributed by atoms with Crippen LogP contribution in [0.25, 0.3) is 0 Å². The lowest BCUT2D eigenvalue weighted by Crippen LogP contribution is -2.21. The summed E-state index contributed by atoms with van der Waals surface area (Å²) >= 11 is 5.90. The molecule has 0 saturated carbocycles. The Morgan fingerprint density at radius 3 is 2.57 bits per heavy atom. The standard InChI is InChI=1S/C16H21ClN4/c1-4-5-10-21(3)16-18-12(2)11-15(20-16)19-14-8-6-13(17)7-9-14/h6-9,11H,4-5,10H2,1-3H3,(H,18,19,20). The van der Waals surface area contributed by atoms with Crippen LogP contribution in [0.3, 0.4) is 0 Å². The predicted molar refractivity (Wildman–Crippen MR) is 89.7 cm³/mol. The molecule has 0 saturated heterocycles. The molecule has 0 atom stereocenters. The van der Waals surface area contributed by atoms with Crippen LogP contribution in [0.1, 0.15) is 25.5 Å². The quantitative estimate of drug-likeness (QED) is 0.858. The van der Waals surface area contributed by atoms with Crippen molar-refractivity contribution in [2.75, 3.05) is 23.8 Å². The Balaban J connectivity index is 2.16. The highest BCUT2D eigenvalue weighted by Gasteiger charge is 2.07. The van der Waals surface area contributed by atoms with Gasteiger partial charge in [0.15, 0.2) is 0 Å². The monoisotopic (exact) mass is 304 g/mol. The van der Waals surface area contributed by atoms with Crippen molar-refractivity contribution in [1.82, 2.24) is 9.97 Å². The zero-order chi connectivity index (χ0) is 15.2. The minimum Gasteiger partial charge on any atom is -0.344 e. The molecule has 1 aromatic carbocycles. The van der Waals surface area contributed by atoms with Crippen molar-refractivity contribution in [3.05, 3.63) is 41.0 Å². The van der Waals surface area contributed by atoms with E-state index in [2.05, 4.69) is 27.1 Å². The second kappa shape index (κ2) is 7.27. The van der Waals surface area contributed by atoms with Gasteiger partial charge in [-0.25, -0.2) is 4.98 Å². The van der Waals surface area contributed by atoms with E-state index in [-0.39, 0.29) is 0 Å². The SMILES string of the molecule is CCCCN(C)c1nc(C)cc(Nc2ccc(Cl)cc2)n1. The predicted octanol–water partition coefficient (Wildman–Crippen LogP) is 4.42. The Morgan fingerprint density at radius 1 is 1.19 bits per heavy atom. The van der Waals surface area contributed by atoms with Gasteiger partial charge in [-0.1, -0.05) is 24.9 Å². The van der Waals surface area contributed by atoms with Gasteiger partial charge >= 0.3 is 0 Å². The van der Waals surface area contributed by atoms with Crippen LogP contribution >= 0.6 is 11.6 Å². The van der Waals surface area contributed by atoms with Gasteiger partial charge in [0.05, 0.1) is 0 Å². The van der Waals surface area contributed by atoms with E-state index in [0.29, 0.717) is 0 Å². The summed E-state index contributed by atoms with van der Waals surface area (Å²) in [4.78, 5) is 11.2. The molecular formula is C16H21ClN4. The van der Waals surface area contributed by atoms with Crippen LogP contribution in [0, 0.1) is 6.92 Å². The molecule has 0 amide bonds. The number of nitrogens with zero attached hydrogens (tertiary/aromatic N) is 3. The minimum atomic E-state index is 0.722. The molecule has 2 aromatic rings. The van der Waals surface area contributed by atoms with E-state index in [0.717, 1.165) is 47.6 Å². The molecular weight excluding hydrogens is 284 g/mol. The number of rotatable bonds is 6. The molecule has 1 heterocycles. The Bertz CT molecular complexity index is 583. The fourth-order valence-corrected chi connectivity index (χ4v) is 2.09. The first-order chi connectivity index (χ1) is 10.1. The molecule has 0 fully saturated rings. The van der Waals surface area contributed by atoms with Crippen LogP contribution in [0.5, 0.6) is 0 Å². The second-order valence-corrected chi connectivity index (χ2v) is 5.54. The Hall–Kier alpha value is -1.81. The smallest absolute Gasteiger partial charge is 0.227 e. The minimum absolute atomic E-state index is 0.722. The number of hydrogen-bond acceptors (Lipinski definition) is 4. The molecule has 0 spiro atoms. The van der Waals surface area contributed by atoms with Crippen molar-refractivity contribution in [2.24, 2.45) is 0 Å². The van der Waals surface area contributed by atoms with Crippen LogP contribution in [-0.2, 0) is 0 Å². The lowest BCUT2D eigenvalue weighted by atomic mass is 10.3. The Morgan fingerprint density at radius 2 is 1.90 bits per heavy atom. The van der Waals surface area contributed by atoms with Crippen molar-refractivity contribution in [2.45, 2.75) is 26.7 Å². The first kappa shape index (κ1) is 15.6. The van der Waals surface area contributed by atoms with E-state index >= 15 is 0 Å². The zero-order valence-corrected chi connectivity index (χ0v) is 13.5. The number of aryl methyl sites for hydroxylation is 1. The van der Waals surface area contributed by atoms with E-state index in [1.165, 1.54) is 0 Å². The molecule has 0 bridgehead atoms. The molecule has 1 aromatic heterocycles. The third kappa shape index (κ3) is 4.60. The molecule has 0 radical (unpaired) electrons. The molecule has 1 N–H and O–H groups in total. The zero-order valence-electron chi connectivity index (χ0n) is 12.7. The Labute approximate surface area is 131 Å². The van der Waals surface area contributed by atoms with Crippen LogP contribution in [-0.4, -0.2) is 23.6 Å². The van der Waals surface area contributed by atoms with Gasteiger partial charge < -0.3 is 10.2 Å². The van der Waals surface area contributed by atoms with Crippen molar-refractivity contribution < 1.29 is 0 Å². The van der Waals surface area contributed by atoms with Gasteiger partial charge in [-0.05, 0) is 37.6 Å². The van der Waals surface area contributed by atoms with Crippen molar-refractivity contribution in [1.29, 1.82) is 0 Å². The van der Waals surface area contributed by atoms with Crippen molar-refractivity contribution >= 4 is 29.1 Å². The average Bonchev–Trinajstić information content (AvgIpc) is 2.46. The van der Waals surface area contributed by atoms with Crippen LogP contribution in [0.2, 0.25) is 5.02 Å². The highest BCUT2D eigenvalue weighted by Crippen LogP contribution is 2.20. The number of anilines is 3. The maximum absolute atomic E-state index is 5.90. The number of hydrogen-bond donors (Lipinski definition) is 1. The van der Waals surface area contributed by atoms with E-state index in [4.69, 9.17) is 11.6 Å².